The van der Waals surface area contributed by atoms with Crippen LogP contribution >= 0.6 is 0 Å². The monoisotopic (exact) mass is 269 g/mol. The van der Waals surface area contributed by atoms with Gasteiger partial charge in [0.25, 0.3) is 0 Å². The van der Waals surface area contributed by atoms with Gasteiger partial charge >= 0.3 is 0 Å². The van der Waals surface area contributed by atoms with Crippen LogP contribution in [0, 0.1) is 11.7 Å². The van der Waals surface area contributed by atoms with Crippen LogP contribution < -0.4 is 0 Å². The van der Waals surface area contributed by atoms with Gasteiger partial charge in [-0.2, -0.15) is 0 Å². The minimum atomic E-state index is -0.802. The standard InChI is InChI=1S/C15H24FNO2/c1-3-17(9-6-10-18)11-12(2)15(19)13-7-4-5-8-14(13)16/h4-5,7-8,12,15,18-19H,3,6,9-11H2,1-2H3. The largest absolute Gasteiger partial charge is 0.396 e. The third-order valence-electron chi connectivity index (χ3n) is 3.39. The number of hydrogen-bond donors (Lipinski definition) is 2. The zero-order valence-electron chi connectivity index (χ0n) is 11.7. The maximum atomic E-state index is 13.6. The highest BCUT2D eigenvalue weighted by atomic mass is 19.1. The molecule has 2 N–H and O–H groups in total. The summed E-state index contributed by atoms with van der Waals surface area (Å²) in [5.74, 6) is -0.421. The molecule has 0 radical (unpaired) electrons. The van der Waals surface area contributed by atoms with Crippen LogP contribution in [0.25, 0.3) is 0 Å². The van der Waals surface area contributed by atoms with Crippen LogP contribution in [0.4, 0.5) is 4.39 Å². The maximum Gasteiger partial charge on any atom is 0.129 e. The Hall–Kier alpha value is -0.970. The summed E-state index contributed by atoms with van der Waals surface area (Å²) in [7, 11) is 0. The van der Waals surface area contributed by atoms with E-state index in [-0.39, 0.29) is 18.3 Å². The first kappa shape index (κ1) is 16.1. The fourth-order valence-electron chi connectivity index (χ4n) is 2.20. The summed E-state index contributed by atoms with van der Waals surface area (Å²) >= 11 is 0. The molecule has 0 saturated carbocycles. The van der Waals surface area contributed by atoms with E-state index >= 15 is 0 Å². The zero-order chi connectivity index (χ0) is 14.3. The van der Waals surface area contributed by atoms with E-state index in [0.29, 0.717) is 12.1 Å². The molecule has 0 heterocycles. The van der Waals surface area contributed by atoms with Crippen molar-refractivity contribution in [3.05, 3.63) is 35.6 Å². The second-order valence-corrected chi connectivity index (χ2v) is 4.91. The molecule has 3 nitrogen and oxygen atoms in total. The zero-order valence-corrected chi connectivity index (χ0v) is 11.7. The molecule has 1 aromatic carbocycles. The van der Waals surface area contributed by atoms with E-state index in [4.69, 9.17) is 5.11 Å². The van der Waals surface area contributed by atoms with Gasteiger partial charge in [-0.1, -0.05) is 32.0 Å². The van der Waals surface area contributed by atoms with E-state index in [1.54, 1.807) is 18.2 Å². The molecule has 1 aromatic rings. The summed E-state index contributed by atoms with van der Waals surface area (Å²) in [5, 5.41) is 19.1. The number of aliphatic hydroxyl groups excluding tert-OH is 2. The van der Waals surface area contributed by atoms with Crippen molar-refractivity contribution in [1.29, 1.82) is 0 Å². The molecule has 0 aliphatic rings. The Morgan fingerprint density at radius 1 is 1.32 bits per heavy atom. The van der Waals surface area contributed by atoms with Crippen LogP contribution in [0.5, 0.6) is 0 Å². The molecule has 0 amide bonds. The summed E-state index contributed by atoms with van der Waals surface area (Å²) in [6, 6.07) is 6.35. The fraction of sp³-hybridized carbons (Fsp3) is 0.600. The van der Waals surface area contributed by atoms with Crippen LogP contribution in [0.2, 0.25) is 0 Å². The van der Waals surface area contributed by atoms with Crippen LogP contribution in [0.1, 0.15) is 31.9 Å². The highest BCUT2D eigenvalue weighted by Gasteiger charge is 2.21. The average Bonchev–Trinajstić information content (AvgIpc) is 2.43. The van der Waals surface area contributed by atoms with Crippen molar-refractivity contribution in [2.45, 2.75) is 26.4 Å². The third-order valence-corrected chi connectivity index (χ3v) is 3.39. The van der Waals surface area contributed by atoms with Gasteiger partial charge < -0.3 is 15.1 Å². The summed E-state index contributed by atoms with van der Waals surface area (Å²) in [6.07, 6.45) is -0.0829. The number of hydrogen-bond acceptors (Lipinski definition) is 3. The molecular formula is C15H24FNO2. The fourth-order valence-corrected chi connectivity index (χ4v) is 2.20. The van der Waals surface area contributed by atoms with Crippen molar-refractivity contribution in [1.82, 2.24) is 4.90 Å². The number of aliphatic hydroxyl groups is 2. The van der Waals surface area contributed by atoms with E-state index in [1.807, 2.05) is 13.8 Å². The predicted molar refractivity (Wildman–Crippen MR) is 74.3 cm³/mol. The summed E-state index contributed by atoms with van der Waals surface area (Å²) < 4.78 is 13.6. The van der Waals surface area contributed by atoms with E-state index in [0.717, 1.165) is 19.5 Å². The van der Waals surface area contributed by atoms with Crippen molar-refractivity contribution in [3.63, 3.8) is 0 Å². The van der Waals surface area contributed by atoms with Crippen molar-refractivity contribution in [3.8, 4) is 0 Å². The molecule has 0 spiro atoms. The summed E-state index contributed by atoms with van der Waals surface area (Å²) in [4.78, 5) is 2.16. The lowest BCUT2D eigenvalue weighted by molar-refractivity contribution is 0.0846. The van der Waals surface area contributed by atoms with Gasteiger partial charge in [0.2, 0.25) is 0 Å². The Morgan fingerprint density at radius 3 is 2.58 bits per heavy atom. The van der Waals surface area contributed by atoms with Crippen LogP contribution in [-0.2, 0) is 0 Å². The Morgan fingerprint density at radius 2 is 2.00 bits per heavy atom. The first-order valence-electron chi connectivity index (χ1n) is 6.85. The van der Waals surface area contributed by atoms with Crippen LogP contribution in [0.3, 0.4) is 0 Å². The Bertz CT molecular complexity index is 373. The highest BCUT2D eigenvalue weighted by Crippen LogP contribution is 2.24. The first-order valence-corrected chi connectivity index (χ1v) is 6.85. The van der Waals surface area contributed by atoms with E-state index in [2.05, 4.69) is 4.90 Å². The number of nitrogens with zero attached hydrogens (tertiary/aromatic N) is 1. The van der Waals surface area contributed by atoms with Gasteiger partial charge in [-0.15, -0.1) is 0 Å². The van der Waals surface area contributed by atoms with E-state index in [1.165, 1.54) is 6.07 Å². The molecule has 108 valence electrons. The minimum absolute atomic E-state index is 0.0597. The van der Waals surface area contributed by atoms with Crippen molar-refractivity contribution in [2.24, 2.45) is 5.92 Å². The lowest BCUT2D eigenvalue weighted by Crippen LogP contribution is -2.32. The summed E-state index contributed by atoms with van der Waals surface area (Å²) in [5.41, 5.74) is 0.355. The normalized spacial score (nSPS) is 14.6. The molecule has 0 fully saturated rings. The molecule has 0 saturated heterocycles. The Labute approximate surface area is 114 Å². The molecular weight excluding hydrogens is 245 g/mol. The van der Waals surface area contributed by atoms with E-state index in [9.17, 15) is 9.50 Å². The second-order valence-electron chi connectivity index (χ2n) is 4.91. The smallest absolute Gasteiger partial charge is 0.129 e. The van der Waals surface area contributed by atoms with Gasteiger partial charge in [-0.25, -0.2) is 4.39 Å². The van der Waals surface area contributed by atoms with Gasteiger partial charge in [0.1, 0.15) is 5.82 Å². The molecule has 19 heavy (non-hydrogen) atoms. The van der Waals surface area contributed by atoms with Gasteiger partial charge in [-0.05, 0) is 24.9 Å². The lowest BCUT2D eigenvalue weighted by atomic mass is 9.96. The molecule has 0 bridgehead atoms. The Balaban J connectivity index is 2.61. The van der Waals surface area contributed by atoms with Gasteiger partial charge in [-0.3, -0.25) is 0 Å². The molecule has 4 heteroatoms. The topological polar surface area (TPSA) is 43.7 Å². The summed E-state index contributed by atoms with van der Waals surface area (Å²) in [6.45, 7) is 6.46. The number of rotatable bonds is 8. The quantitative estimate of drug-likeness (QED) is 0.760. The third kappa shape index (κ3) is 4.90. The van der Waals surface area contributed by atoms with Crippen molar-refractivity contribution < 1.29 is 14.6 Å². The Kier molecular flexibility index (Phi) is 6.99. The molecule has 0 aromatic heterocycles. The number of halogens is 1. The molecule has 0 aliphatic carbocycles. The number of benzene rings is 1. The second kappa shape index (κ2) is 8.25. The maximum absolute atomic E-state index is 13.6. The van der Waals surface area contributed by atoms with E-state index < -0.39 is 6.10 Å². The van der Waals surface area contributed by atoms with Crippen LogP contribution in [0.15, 0.2) is 24.3 Å². The van der Waals surface area contributed by atoms with Gasteiger partial charge in [0.05, 0.1) is 6.10 Å². The molecule has 0 aliphatic heterocycles. The highest BCUT2D eigenvalue weighted by molar-refractivity contribution is 5.20. The molecule has 2 unspecified atom stereocenters. The average molecular weight is 269 g/mol. The van der Waals surface area contributed by atoms with Crippen molar-refractivity contribution >= 4 is 0 Å². The van der Waals surface area contributed by atoms with Gasteiger partial charge in [0.15, 0.2) is 0 Å². The van der Waals surface area contributed by atoms with Crippen molar-refractivity contribution in [2.75, 3.05) is 26.2 Å². The van der Waals surface area contributed by atoms with Crippen LogP contribution in [-0.4, -0.2) is 41.4 Å². The molecule has 2 atom stereocenters. The first-order chi connectivity index (χ1) is 9.10. The minimum Gasteiger partial charge on any atom is -0.396 e. The van der Waals surface area contributed by atoms with Gasteiger partial charge in [0, 0.05) is 25.3 Å². The lowest BCUT2D eigenvalue weighted by Gasteiger charge is -2.27. The molecule has 1 rings (SSSR count). The SMILES string of the molecule is CCN(CCCO)CC(C)C(O)c1ccccc1F. The predicted octanol–water partition coefficient (Wildman–Crippen LogP) is 2.20.